The number of nitrogens with one attached hydrogen (secondary N) is 1. The molecule has 3 nitrogen and oxygen atoms in total. The van der Waals surface area contributed by atoms with E-state index in [1.54, 1.807) is 0 Å². The highest BCUT2D eigenvalue weighted by atomic mass is 35.5. The van der Waals surface area contributed by atoms with Crippen LogP contribution in [0.3, 0.4) is 0 Å². The molecule has 1 aromatic rings. The first kappa shape index (κ1) is 14.6. The van der Waals surface area contributed by atoms with Crippen LogP contribution in [0.4, 0.5) is 0 Å². The normalized spacial score (nSPS) is 17.6. The predicted octanol–water partition coefficient (Wildman–Crippen LogP) is 3.13. The van der Waals surface area contributed by atoms with Gasteiger partial charge in [-0.15, -0.1) is 0 Å². The van der Waals surface area contributed by atoms with Crippen molar-refractivity contribution in [1.29, 1.82) is 0 Å². The average molecular weight is 284 g/mol. The molecule has 106 valence electrons. The van der Waals surface area contributed by atoms with E-state index in [4.69, 9.17) is 16.3 Å². The number of aliphatic hydroxyl groups is 1. The molecule has 1 aliphatic carbocycles. The lowest BCUT2D eigenvalue weighted by Crippen LogP contribution is -2.32. The van der Waals surface area contributed by atoms with Gasteiger partial charge in [-0.05, 0) is 25.5 Å². The lowest BCUT2D eigenvalue weighted by Gasteiger charge is -2.23. The summed E-state index contributed by atoms with van der Waals surface area (Å²) in [5.74, 6) is 0.699. The Bertz CT molecular complexity index is 417. The zero-order chi connectivity index (χ0) is 13.7. The number of ether oxygens (including phenoxy) is 1. The zero-order valence-electron chi connectivity index (χ0n) is 11.4. The maximum Gasteiger partial charge on any atom is 0.142 e. The van der Waals surface area contributed by atoms with Gasteiger partial charge in [0.1, 0.15) is 12.4 Å². The Kier molecular flexibility index (Phi) is 5.08. The standard InChI is InChI=1S/C15H22ClNO2/c1-2-17-10-12-6-5-7-13(16)14(12)19-11-15(18)8-3-4-9-15/h5-7,17-18H,2-4,8-11H2,1H3. The van der Waals surface area contributed by atoms with Crippen molar-refractivity contribution in [3.8, 4) is 5.75 Å². The Morgan fingerprint density at radius 2 is 2.11 bits per heavy atom. The van der Waals surface area contributed by atoms with E-state index in [0.29, 0.717) is 17.4 Å². The third kappa shape index (κ3) is 3.85. The van der Waals surface area contributed by atoms with Crippen molar-refractivity contribution in [2.45, 2.75) is 44.8 Å². The van der Waals surface area contributed by atoms with E-state index in [2.05, 4.69) is 12.2 Å². The molecule has 1 fully saturated rings. The first-order valence-electron chi connectivity index (χ1n) is 6.98. The molecule has 0 aromatic heterocycles. The van der Waals surface area contributed by atoms with Crippen molar-refractivity contribution in [2.75, 3.05) is 13.2 Å². The molecular weight excluding hydrogens is 262 g/mol. The van der Waals surface area contributed by atoms with Gasteiger partial charge in [-0.3, -0.25) is 0 Å². The van der Waals surface area contributed by atoms with Gasteiger partial charge < -0.3 is 15.2 Å². The minimum Gasteiger partial charge on any atom is -0.489 e. The van der Waals surface area contributed by atoms with Crippen molar-refractivity contribution < 1.29 is 9.84 Å². The first-order chi connectivity index (χ1) is 9.14. The van der Waals surface area contributed by atoms with Crippen molar-refractivity contribution in [3.05, 3.63) is 28.8 Å². The summed E-state index contributed by atoms with van der Waals surface area (Å²) < 4.78 is 5.83. The van der Waals surface area contributed by atoms with Crippen LogP contribution in [-0.4, -0.2) is 23.9 Å². The van der Waals surface area contributed by atoms with E-state index in [1.165, 1.54) is 0 Å². The number of para-hydroxylation sites is 1. The number of benzene rings is 1. The van der Waals surface area contributed by atoms with E-state index >= 15 is 0 Å². The van der Waals surface area contributed by atoms with E-state index in [9.17, 15) is 5.11 Å². The summed E-state index contributed by atoms with van der Waals surface area (Å²) in [5, 5.41) is 14.2. The molecule has 2 N–H and O–H groups in total. The monoisotopic (exact) mass is 283 g/mol. The second kappa shape index (κ2) is 6.60. The van der Waals surface area contributed by atoms with Crippen LogP contribution in [0.15, 0.2) is 18.2 Å². The molecule has 1 aliphatic rings. The summed E-state index contributed by atoms with van der Waals surface area (Å²) in [6, 6.07) is 5.75. The van der Waals surface area contributed by atoms with Crippen LogP contribution >= 0.6 is 11.6 Å². The molecule has 0 saturated heterocycles. The summed E-state index contributed by atoms with van der Waals surface area (Å²) in [4.78, 5) is 0. The summed E-state index contributed by atoms with van der Waals surface area (Å²) in [6.45, 7) is 4.02. The van der Waals surface area contributed by atoms with Crippen molar-refractivity contribution >= 4 is 11.6 Å². The average Bonchev–Trinajstić information content (AvgIpc) is 2.82. The van der Waals surface area contributed by atoms with Crippen molar-refractivity contribution in [3.63, 3.8) is 0 Å². The summed E-state index contributed by atoms with van der Waals surface area (Å²) in [7, 11) is 0. The fourth-order valence-electron chi connectivity index (χ4n) is 2.50. The van der Waals surface area contributed by atoms with Crippen molar-refractivity contribution in [1.82, 2.24) is 5.32 Å². The van der Waals surface area contributed by atoms with Gasteiger partial charge in [-0.1, -0.05) is 43.5 Å². The van der Waals surface area contributed by atoms with Gasteiger partial charge in [0.25, 0.3) is 0 Å². The minimum absolute atomic E-state index is 0.329. The van der Waals surface area contributed by atoms with Crippen LogP contribution < -0.4 is 10.1 Å². The van der Waals surface area contributed by atoms with Gasteiger partial charge in [-0.2, -0.15) is 0 Å². The largest absolute Gasteiger partial charge is 0.489 e. The van der Waals surface area contributed by atoms with Gasteiger partial charge in [0.15, 0.2) is 0 Å². The topological polar surface area (TPSA) is 41.5 Å². The fraction of sp³-hybridized carbons (Fsp3) is 0.600. The summed E-state index contributed by atoms with van der Waals surface area (Å²) >= 11 is 6.20. The van der Waals surface area contributed by atoms with Gasteiger partial charge in [0.2, 0.25) is 0 Å². The lowest BCUT2D eigenvalue weighted by atomic mass is 10.0. The second-order valence-electron chi connectivity index (χ2n) is 5.23. The van der Waals surface area contributed by atoms with Gasteiger partial charge in [0.05, 0.1) is 10.6 Å². The Balaban J connectivity index is 2.05. The van der Waals surface area contributed by atoms with Crippen LogP contribution in [0.25, 0.3) is 0 Å². The quantitative estimate of drug-likeness (QED) is 0.843. The van der Waals surface area contributed by atoms with Gasteiger partial charge in [-0.25, -0.2) is 0 Å². The van der Waals surface area contributed by atoms with E-state index in [0.717, 1.165) is 44.3 Å². The third-order valence-corrected chi connectivity index (χ3v) is 3.93. The first-order valence-corrected chi connectivity index (χ1v) is 7.36. The van der Waals surface area contributed by atoms with Crippen LogP contribution in [-0.2, 0) is 6.54 Å². The van der Waals surface area contributed by atoms with Crippen LogP contribution in [0.1, 0.15) is 38.2 Å². The highest BCUT2D eigenvalue weighted by Gasteiger charge is 2.32. The second-order valence-corrected chi connectivity index (χ2v) is 5.64. The third-order valence-electron chi connectivity index (χ3n) is 3.63. The molecular formula is C15H22ClNO2. The van der Waals surface area contributed by atoms with Crippen LogP contribution in [0.5, 0.6) is 5.75 Å². The highest BCUT2D eigenvalue weighted by Crippen LogP contribution is 2.33. The van der Waals surface area contributed by atoms with E-state index < -0.39 is 5.60 Å². The molecule has 0 amide bonds. The molecule has 4 heteroatoms. The number of hydrogen-bond acceptors (Lipinski definition) is 3. The van der Waals surface area contributed by atoms with Crippen LogP contribution in [0, 0.1) is 0 Å². The van der Waals surface area contributed by atoms with Gasteiger partial charge >= 0.3 is 0 Å². The molecule has 0 atom stereocenters. The summed E-state index contributed by atoms with van der Waals surface area (Å²) in [6.07, 6.45) is 3.79. The Hall–Kier alpha value is -0.770. The Labute approximate surface area is 119 Å². The Morgan fingerprint density at radius 3 is 2.79 bits per heavy atom. The molecule has 0 unspecified atom stereocenters. The smallest absolute Gasteiger partial charge is 0.142 e. The van der Waals surface area contributed by atoms with Crippen molar-refractivity contribution in [2.24, 2.45) is 0 Å². The van der Waals surface area contributed by atoms with E-state index in [-0.39, 0.29) is 0 Å². The molecule has 0 bridgehead atoms. The molecule has 0 radical (unpaired) electrons. The molecule has 0 heterocycles. The minimum atomic E-state index is -0.672. The van der Waals surface area contributed by atoms with Gasteiger partial charge in [0, 0.05) is 12.1 Å². The maximum atomic E-state index is 10.3. The maximum absolute atomic E-state index is 10.3. The molecule has 1 aromatic carbocycles. The number of hydrogen-bond donors (Lipinski definition) is 2. The zero-order valence-corrected chi connectivity index (χ0v) is 12.2. The molecule has 19 heavy (non-hydrogen) atoms. The molecule has 0 aliphatic heterocycles. The molecule has 0 spiro atoms. The highest BCUT2D eigenvalue weighted by molar-refractivity contribution is 6.32. The number of rotatable bonds is 6. The fourth-order valence-corrected chi connectivity index (χ4v) is 2.75. The Morgan fingerprint density at radius 1 is 1.37 bits per heavy atom. The van der Waals surface area contributed by atoms with Crippen LogP contribution in [0.2, 0.25) is 5.02 Å². The number of halogens is 1. The summed E-state index contributed by atoms with van der Waals surface area (Å²) in [5.41, 5.74) is 0.366. The molecule has 2 rings (SSSR count). The lowest BCUT2D eigenvalue weighted by molar-refractivity contribution is 0.00115. The predicted molar refractivity (Wildman–Crippen MR) is 77.7 cm³/mol. The molecule has 1 saturated carbocycles. The van der Waals surface area contributed by atoms with E-state index in [1.807, 2.05) is 18.2 Å². The SMILES string of the molecule is CCNCc1cccc(Cl)c1OCC1(O)CCCC1.